The molecule has 17 heavy (non-hydrogen) atoms. The Bertz CT molecular complexity index is 439. The van der Waals surface area contributed by atoms with Crippen LogP contribution in [0.1, 0.15) is 26.3 Å². The Morgan fingerprint density at radius 2 is 1.76 bits per heavy atom. The summed E-state index contributed by atoms with van der Waals surface area (Å²) in [7, 11) is 0. The number of benzene rings is 1. The standard InChI is InChI=1S/C12H15Cl2NO2/c1-7-5-8(13)9(14)6-10(7)15-11(16)17-12(2,3)4/h5-6H,1-4H3,(H,15,16). The molecule has 0 atom stereocenters. The zero-order valence-corrected chi connectivity index (χ0v) is 11.7. The van der Waals surface area contributed by atoms with Crippen molar-refractivity contribution in [3.8, 4) is 0 Å². The van der Waals surface area contributed by atoms with Crippen LogP contribution in [0.15, 0.2) is 12.1 Å². The third-order valence-corrected chi connectivity index (χ3v) is 2.63. The van der Waals surface area contributed by atoms with E-state index in [2.05, 4.69) is 5.32 Å². The van der Waals surface area contributed by atoms with Crippen molar-refractivity contribution in [2.75, 3.05) is 5.32 Å². The molecule has 0 fully saturated rings. The summed E-state index contributed by atoms with van der Waals surface area (Å²) in [6.07, 6.45) is -0.515. The Morgan fingerprint density at radius 1 is 1.24 bits per heavy atom. The highest BCUT2D eigenvalue weighted by Gasteiger charge is 2.17. The van der Waals surface area contributed by atoms with E-state index in [1.165, 1.54) is 0 Å². The van der Waals surface area contributed by atoms with Crippen molar-refractivity contribution in [1.82, 2.24) is 0 Å². The lowest BCUT2D eigenvalue weighted by atomic mass is 10.2. The second kappa shape index (κ2) is 5.15. The molecule has 1 aromatic rings. The molecule has 0 saturated carbocycles. The van der Waals surface area contributed by atoms with E-state index in [0.717, 1.165) is 5.56 Å². The molecule has 0 bridgehead atoms. The summed E-state index contributed by atoms with van der Waals surface area (Å²) in [4.78, 5) is 11.6. The van der Waals surface area contributed by atoms with Crippen molar-refractivity contribution in [3.63, 3.8) is 0 Å². The van der Waals surface area contributed by atoms with Gasteiger partial charge < -0.3 is 4.74 Å². The molecule has 0 aliphatic carbocycles. The summed E-state index contributed by atoms with van der Waals surface area (Å²) in [5, 5.41) is 3.48. The fourth-order valence-corrected chi connectivity index (χ4v) is 1.58. The van der Waals surface area contributed by atoms with Crippen molar-refractivity contribution >= 4 is 35.0 Å². The van der Waals surface area contributed by atoms with Gasteiger partial charge >= 0.3 is 6.09 Å². The Balaban J connectivity index is 2.82. The number of carbonyl (C=O) groups excluding carboxylic acids is 1. The molecule has 0 aliphatic heterocycles. The van der Waals surface area contributed by atoms with Crippen LogP contribution in [-0.4, -0.2) is 11.7 Å². The number of hydrogen-bond acceptors (Lipinski definition) is 2. The monoisotopic (exact) mass is 275 g/mol. The third-order valence-electron chi connectivity index (χ3n) is 1.90. The van der Waals surface area contributed by atoms with Gasteiger partial charge in [0, 0.05) is 5.69 Å². The highest BCUT2D eigenvalue weighted by molar-refractivity contribution is 6.42. The molecule has 5 heteroatoms. The lowest BCUT2D eigenvalue weighted by Crippen LogP contribution is -2.27. The van der Waals surface area contributed by atoms with Crippen molar-refractivity contribution in [2.45, 2.75) is 33.3 Å². The Morgan fingerprint density at radius 3 is 2.29 bits per heavy atom. The molecule has 94 valence electrons. The average Bonchev–Trinajstić information content (AvgIpc) is 2.11. The zero-order chi connectivity index (χ0) is 13.2. The van der Waals surface area contributed by atoms with Gasteiger partial charge in [0.05, 0.1) is 10.0 Å². The Kier molecular flexibility index (Phi) is 4.28. The number of amides is 1. The topological polar surface area (TPSA) is 38.3 Å². The van der Waals surface area contributed by atoms with Crippen molar-refractivity contribution in [3.05, 3.63) is 27.7 Å². The smallest absolute Gasteiger partial charge is 0.412 e. The molecule has 0 heterocycles. The van der Waals surface area contributed by atoms with Crippen LogP contribution in [-0.2, 0) is 4.74 Å². The van der Waals surface area contributed by atoms with Crippen LogP contribution >= 0.6 is 23.2 Å². The summed E-state index contributed by atoms with van der Waals surface area (Å²) in [5.41, 5.74) is 0.882. The minimum Gasteiger partial charge on any atom is -0.444 e. The van der Waals surface area contributed by atoms with Gasteiger partial charge in [0.25, 0.3) is 0 Å². The van der Waals surface area contributed by atoms with Crippen LogP contribution in [0.5, 0.6) is 0 Å². The number of anilines is 1. The molecule has 0 spiro atoms. The first-order valence-corrected chi connectivity index (χ1v) is 5.90. The number of ether oxygens (including phenoxy) is 1. The molecular formula is C12H15Cl2NO2. The van der Waals surface area contributed by atoms with Gasteiger partial charge in [0.1, 0.15) is 5.60 Å². The van der Waals surface area contributed by atoms with Crippen molar-refractivity contribution < 1.29 is 9.53 Å². The number of hydrogen-bond donors (Lipinski definition) is 1. The predicted octanol–water partition coefficient (Wildman–Crippen LogP) is 4.65. The number of nitrogens with one attached hydrogen (secondary N) is 1. The average molecular weight is 276 g/mol. The molecule has 1 aromatic carbocycles. The van der Waals surface area contributed by atoms with E-state index in [-0.39, 0.29) is 0 Å². The highest BCUT2D eigenvalue weighted by atomic mass is 35.5. The van der Waals surface area contributed by atoms with Gasteiger partial charge in [0.2, 0.25) is 0 Å². The molecule has 0 radical (unpaired) electrons. The summed E-state index contributed by atoms with van der Waals surface area (Å²) in [5.74, 6) is 0. The second-order valence-electron chi connectivity index (χ2n) is 4.71. The SMILES string of the molecule is Cc1cc(Cl)c(Cl)cc1NC(=O)OC(C)(C)C. The molecule has 3 nitrogen and oxygen atoms in total. The van der Waals surface area contributed by atoms with Gasteiger partial charge in [0.15, 0.2) is 0 Å². The number of aryl methyl sites for hydroxylation is 1. The first-order chi connectivity index (χ1) is 7.69. The van der Waals surface area contributed by atoms with Gasteiger partial charge in [-0.3, -0.25) is 5.32 Å². The Hall–Kier alpha value is -0.930. The van der Waals surface area contributed by atoms with Crippen LogP contribution in [0.25, 0.3) is 0 Å². The van der Waals surface area contributed by atoms with Crippen molar-refractivity contribution in [1.29, 1.82) is 0 Å². The number of halogens is 2. The minimum absolute atomic E-state index is 0.392. The maximum Gasteiger partial charge on any atom is 0.412 e. The van der Waals surface area contributed by atoms with Crippen LogP contribution < -0.4 is 5.32 Å². The van der Waals surface area contributed by atoms with E-state index in [1.54, 1.807) is 32.9 Å². The van der Waals surface area contributed by atoms with Crippen LogP contribution in [0.2, 0.25) is 10.0 Å². The van der Waals surface area contributed by atoms with Gasteiger partial charge in [-0.25, -0.2) is 4.79 Å². The fraction of sp³-hybridized carbons (Fsp3) is 0.417. The molecular weight excluding hydrogens is 261 g/mol. The van der Waals surface area contributed by atoms with Crippen molar-refractivity contribution in [2.24, 2.45) is 0 Å². The maximum atomic E-state index is 11.6. The molecule has 1 amide bonds. The molecule has 0 aliphatic rings. The molecule has 1 N–H and O–H groups in total. The van der Waals surface area contributed by atoms with E-state index < -0.39 is 11.7 Å². The second-order valence-corrected chi connectivity index (χ2v) is 5.52. The van der Waals surface area contributed by atoms with Crippen LogP contribution in [0.3, 0.4) is 0 Å². The molecule has 1 rings (SSSR count). The summed E-state index contributed by atoms with van der Waals surface area (Å²) in [6, 6.07) is 3.29. The molecule has 0 aromatic heterocycles. The van der Waals surface area contributed by atoms with E-state index in [9.17, 15) is 4.79 Å². The summed E-state index contributed by atoms with van der Waals surface area (Å²) >= 11 is 11.7. The summed E-state index contributed by atoms with van der Waals surface area (Å²) in [6.45, 7) is 7.23. The first-order valence-electron chi connectivity index (χ1n) is 5.15. The molecule has 0 saturated heterocycles. The van der Waals surface area contributed by atoms with Gasteiger partial charge in [-0.05, 0) is 45.4 Å². The third kappa shape index (κ3) is 4.44. The van der Waals surface area contributed by atoms with Crippen LogP contribution in [0.4, 0.5) is 10.5 Å². The maximum absolute atomic E-state index is 11.6. The van der Waals surface area contributed by atoms with Gasteiger partial charge in [-0.15, -0.1) is 0 Å². The van der Waals surface area contributed by atoms with E-state index >= 15 is 0 Å². The van der Waals surface area contributed by atoms with Crippen LogP contribution in [0, 0.1) is 6.92 Å². The largest absolute Gasteiger partial charge is 0.444 e. The van der Waals surface area contributed by atoms with Gasteiger partial charge in [-0.1, -0.05) is 23.2 Å². The lowest BCUT2D eigenvalue weighted by molar-refractivity contribution is 0.0636. The van der Waals surface area contributed by atoms with Gasteiger partial charge in [-0.2, -0.15) is 0 Å². The van der Waals surface area contributed by atoms with E-state index in [4.69, 9.17) is 27.9 Å². The first kappa shape index (κ1) is 14.1. The Labute approximate surface area is 111 Å². The minimum atomic E-state index is -0.534. The van der Waals surface area contributed by atoms with E-state index in [0.29, 0.717) is 15.7 Å². The summed E-state index contributed by atoms with van der Waals surface area (Å²) < 4.78 is 5.14. The normalized spacial score (nSPS) is 11.2. The molecule has 0 unspecified atom stereocenters. The quantitative estimate of drug-likeness (QED) is 0.810. The zero-order valence-electron chi connectivity index (χ0n) is 10.2. The predicted molar refractivity (Wildman–Crippen MR) is 71.1 cm³/mol. The number of carbonyl (C=O) groups is 1. The number of rotatable bonds is 1. The van der Waals surface area contributed by atoms with E-state index in [1.807, 2.05) is 6.92 Å². The lowest BCUT2D eigenvalue weighted by Gasteiger charge is -2.20. The highest BCUT2D eigenvalue weighted by Crippen LogP contribution is 2.28. The fourth-order valence-electron chi connectivity index (χ4n) is 1.19.